The Morgan fingerprint density at radius 3 is 2.56 bits per heavy atom. The molecular formula is C11H22ClNO3. The third-order valence-corrected chi connectivity index (χ3v) is 1.80. The van der Waals surface area contributed by atoms with Crippen LogP contribution in [-0.4, -0.2) is 43.8 Å². The molecule has 0 unspecified atom stereocenters. The number of rotatable bonds is 8. The van der Waals surface area contributed by atoms with Gasteiger partial charge in [-0.25, -0.2) is 0 Å². The summed E-state index contributed by atoms with van der Waals surface area (Å²) in [4.78, 5) is 11.3. The van der Waals surface area contributed by atoms with Crippen LogP contribution in [0.2, 0.25) is 0 Å². The lowest BCUT2D eigenvalue weighted by molar-refractivity contribution is -0.130. The van der Waals surface area contributed by atoms with E-state index in [9.17, 15) is 4.79 Å². The molecule has 4 nitrogen and oxygen atoms in total. The van der Waals surface area contributed by atoms with Crippen molar-refractivity contribution in [2.75, 3.05) is 32.2 Å². The van der Waals surface area contributed by atoms with Crippen LogP contribution in [0, 0.1) is 0 Å². The summed E-state index contributed by atoms with van der Waals surface area (Å²) < 4.78 is 10.5. The second kappa shape index (κ2) is 8.79. The molecule has 0 radical (unpaired) electrons. The molecule has 0 saturated carbocycles. The molecule has 0 fully saturated rings. The van der Waals surface area contributed by atoms with Crippen molar-refractivity contribution in [2.24, 2.45) is 0 Å². The van der Waals surface area contributed by atoms with E-state index in [0.717, 1.165) is 6.42 Å². The maximum atomic E-state index is 11.3. The minimum absolute atomic E-state index is 0.0905. The molecule has 0 rings (SSSR count). The molecule has 16 heavy (non-hydrogen) atoms. The predicted octanol–water partition coefficient (Wildman–Crippen LogP) is 1.56. The van der Waals surface area contributed by atoms with Gasteiger partial charge in [-0.2, -0.15) is 0 Å². The summed E-state index contributed by atoms with van der Waals surface area (Å²) in [6.45, 7) is 7.64. The molecule has 0 aromatic rings. The summed E-state index contributed by atoms with van der Waals surface area (Å²) in [5.41, 5.74) is -0.277. The number of carbonyl (C=O) groups is 1. The Morgan fingerprint density at radius 2 is 2.00 bits per heavy atom. The maximum Gasteiger partial charge on any atom is 0.246 e. The molecule has 0 aliphatic heterocycles. The van der Waals surface area contributed by atoms with E-state index in [-0.39, 0.29) is 18.1 Å². The van der Waals surface area contributed by atoms with Gasteiger partial charge >= 0.3 is 0 Å². The fraction of sp³-hybridized carbons (Fsp3) is 0.909. The second-order valence-corrected chi connectivity index (χ2v) is 4.78. The van der Waals surface area contributed by atoms with Crippen molar-refractivity contribution in [3.8, 4) is 0 Å². The molecule has 5 heteroatoms. The lowest BCUT2D eigenvalue weighted by Crippen LogP contribution is -2.32. The van der Waals surface area contributed by atoms with Crippen LogP contribution in [0.3, 0.4) is 0 Å². The number of ether oxygens (including phenoxy) is 2. The van der Waals surface area contributed by atoms with Gasteiger partial charge in [0.05, 0.1) is 12.2 Å². The fourth-order valence-corrected chi connectivity index (χ4v) is 1.00. The third kappa shape index (κ3) is 11.8. The second-order valence-electron chi connectivity index (χ2n) is 4.41. The molecule has 0 atom stereocenters. The van der Waals surface area contributed by atoms with E-state index < -0.39 is 0 Å². The van der Waals surface area contributed by atoms with Crippen molar-refractivity contribution in [3.63, 3.8) is 0 Å². The van der Waals surface area contributed by atoms with Gasteiger partial charge in [0, 0.05) is 19.0 Å². The van der Waals surface area contributed by atoms with E-state index in [4.69, 9.17) is 21.1 Å². The van der Waals surface area contributed by atoms with Crippen LogP contribution in [0.1, 0.15) is 27.2 Å². The largest absolute Gasteiger partial charge is 0.380 e. The quantitative estimate of drug-likeness (QED) is 0.526. The molecule has 1 N–H and O–H groups in total. The van der Waals surface area contributed by atoms with Gasteiger partial charge in [0.1, 0.15) is 6.61 Å². The van der Waals surface area contributed by atoms with E-state index in [2.05, 4.69) is 5.32 Å². The summed E-state index contributed by atoms with van der Waals surface area (Å²) in [5, 5.41) is 2.76. The SMILES string of the molecule is CC(C)(C)OCC(=O)NCCCOCCCl. The summed E-state index contributed by atoms with van der Waals surface area (Å²) in [6, 6.07) is 0. The van der Waals surface area contributed by atoms with Crippen LogP contribution < -0.4 is 5.32 Å². The maximum absolute atomic E-state index is 11.3. The van der Waals surface area contributed by atoms with E-state index in [1.165, 1.54) is 0 Å². The average Bonchev–Trinajstić information content (AvgIpc) is 2.19. The number of hydrogen-bond acceptors (Lipinski definition) is 3. The average molecular weight is 252 g/mol. The van der Waals surface area contributed by atoms with E-state index in [1.54, 1.807) is 0 Å². The van der Waals surface area contributed by atoms with Crippen LogP contribution >= 0.6 is 11.6 Å². The predicted molar refractivity (Wildman–Crippen MR) is 64.9 cm³/mol. The third-order valence-electron chi connectivity index (χ3n) is 1.65. The van der Waals surface area contributed by atoms with Crippen LogP contribution in [0.4, 0.5) is 0 Å². The molecule has 0 saturated heterocycles. The Labute approximate surface area is 103 Å². The highest BCUT2D eigenvalue weighted by Gasteiger charge is 2.12. The van der Waals surface area contributed by atoms with Crippen LogP contribution in [0.15, 0.2) is 0 Å². The smallest absolute Gasteiger partial charge is 0.246 e. The van der Waals surface area contributed by atoms with E-state index in [1.807, 2.05) is 20.8 Å². The van der Waals surface area contributed by atoms with E-state index >= 15 is 0 Å². The highest BCUT2D eigenvalue weighted by Crippen LogP contribution is 2.05. The Morgan fingerprint density at radius 1 is 1.31 bits per heavy atom. The lowest BCUT2D eigenvalue weighted by atomic mass is 10.2. The molecule has 0 aliphatic rings. The molecule has 0 bridgehead atoms. The Bertz CT molecular complexity index is 192. The van der Waals surface area contributed by atoms with Crippen molar-refractivity contribution < 1.29 is 14.3 Å². The van der Waals surface area contributed by atoms with Gasteiger partial charge in [-0.1, -0.05) is 0 Å². The van der Waals surface area contributed by atoms with Gasteiger partial charge in [0.25, 0.3) is 0 Å². The summed E-state index contributed by atoms with van der Waals surface area (Å²) in [7, 11) is 0. The van der Waals surface area contributed by atoms with Gasteiger partial charge in [-0.05, 0) is 27.2 Å². The first kappa shape index (κ1) is 15.7. The first-order valence-electron chi connectivity index (χ1n) is 5.50. The van der Waals surface area contributed by atoms with Crippen LogP contribution in [0.25, 0.3) is 0 Å². The zero-order valence-corrected chi connectivity index (χ0v) is 11.1. The van der Waals surface area contributed by atoms with E-state index in [0.29, 0.717) is 25.6 Å². The Hall–Kier alpha value is -0.320. The highest BCUT2D eigenvalue weighted by molar-refractivity contribution is 6.17. The highest BCUT2D eigenvalue weighted by atomic mass is 35.5. The fourth-order valence-electron chi connectivity index (χ4n) is 0.892. The van der Waals surface area contributed by atoms with Gasteiger partial charge in [-0.15, -0.1) is 11.6 Å². The minimum Gasteiger partial charge on any atom is -0.380 e. The number of alkyl halides is 1. The number of nitrogens with one attached hydrogen (secondary N) is 1. The zero-order chi connectivity index (χ0) is 12.4. The molecule has 0 aromatic carbocycles. The minimum atomic E-state index is -0.277. The zero-order valence-electron chi connectivity index (χ0n) is 10.3. The number of amides is 1. The number of carbonyl (C=O) groups excluding carboxylic acids is 1. The number of halogens is 1. The molecule has 0 aliphatic carbocycles. The topological polar surface area (TPSA) is 47.6 Å². The van der Waals surface area contributed by atoms with Gasteiger partial charge < -0.3 is 14.8 Å². The molecular weight excluding hydrogens is 230 g/mol. The summed E-state index contributed by atoms with van der Waals surface area (Å²) >= 11 is 5.44. The first-order valence-corrected chi connectivity index (χ1v) is 6.03. The summed E-state index contributed by atoms with van der Waals surface area (Å²) in [5.74, 6) is 0.415. The molecule has 0 aromatic heterocycles. The van der Waals surface area contributed by atoms with Gasteiger partial charge in [0.2, 0.25) is 5.91 Å². The molecule has 0 heterocycles. The van der Waals surface area contributed by atoms with Crippen LogP contribution in [-0.2, 0) is 14.3 Å². The van der Waals surface area contributed by atoms with Crippen molar-refractivity contribution in [3.05, 3.63) is 0 Å². The Balaban J connectivity index is 3.31. The molecule has 0 spiro atoms. The van der Waals surface area contributed by atoms with Gasteiger partial charge in [-0.3, -0.25) is 4.79 Å². The monoisotopic (exact) mass is 251 g/mol. The lowest BCUT2D eigenvalue weighted by Gasteiger charge is -2.18. The first-order chi connectivity index (χ1) is 7.45. The molecule has 1 amide bonds. The number of hydrogen-bond donors (Lipinski definition) is 1. The van der Waals surface area contributed by atoms with Crippen molar-refractivity contribution in [2.45, 2.75) is 32.8 Å². The van der Waals surface area contributed by atoms with Crippen LogP contribution in [0.5, 0.6) is 0 Å². The normalized spacial score (nSPS) is 11.5. The van der Waals surface area contributed by atoms with Crippen molar-refractivity contribution in [1.82, 2.24) is 5.32 Å². The van der Waals surface area contributed by atoms with Crippen molar-refractivity contribution >= 4 is 17.5 Å². The van der Waals surface area contributed by atoms with Crippen molar-refractivity contribution in [1.29, 1.82) is 0 Å². The summed E-state index contributed by atoms with van der Waals surface area (Å²) in [6.07, 6.45) is 0.790. The Kier molecular flexibility index (Phi) is 8.61. The standard InChI is InChI=1S/C11H22ClNO3/c1-11(2,3)16-9-10(14)13-6-4-7-15-8-5-12/h4-9H2,1-3H3,(H,13,14). The van der Waals surface area contributed by atoms with Gasteiger partial charge in [0.15, 0.2) is 0 Å². The molecule has 96 valence electrons.